The van der Waals surface area contributed by atoms with Gasteiger partial charge in [0.1, 0.15) is 0 Å². The molecule has 12 aromatic carbocycles. The molecule has 0 aromatic heterocycles. The summed E-state index contributed by atoms with van der Waals surface area (Å²) >= 11 is 0. The number of hydrogen-bond acceptors (Lipinski definition) is 1. The van der Waals surface area contributed by atoms with Crippen LogP contribution >= 0.6 is 0 Å². The Morgan fingerprint density at radius 1 is 0.163 bits per heavy atom. The van der Waals surface area contributed by atoms with Gasteiger partial charge in [0.2, 0.25) is 0 Å². The van der Waals surface area contributed by atoms with Gasteiger partial charge in [-0.15, -0.1) is 0 Å². The van der Waals surface area contributed by atoms with Crippen molar-refractivity contribution in [1.82, 2.24) is 0 Å². The third kappa shape index (κ3) is 11.1. The number of benzene rings is 12. The van der Waals surface area contributed by atoms with Crippen LogP contribution in [0.1, 0.15) is 89.0 Å². The topological polar surface area (TPSA) is 17.1 Å². The van der Waals surface area contributed by atoms with Crippen molar-refractivity contribution in [2.75, 3.05) is 0 Å². The Morgan fingerprint density at radius 3 is 0.533 bits per heavy atom. The lowest BCUT2D eigenvalue weighted by molar-refractivity contribution is -0.108. The molecular weight excluding hydrogens is 1110 g/mol. The quantitative estimate of drug-likeness (QED) is 0.148. The van der Waals surface area contributed by atoms with E-state index in [1.54, 1.807) is 0 Å². The molecule has 1 nitrogen and oxygen atoms in total. The van der Waals surface area contributed by atoms with Crippen LogP contribution in [0.25, 0.3) is 91.2 Å². The Balaban J connectivity index is 0.976. The summed E-state index contributed by atoms with van der Waals surface area (Å²) in [6.07, 6.45) is 9.21. The van der Waals surface area contributed by atoms with E-state index in [1.807, 2.05) is 12.1 Å². The van der Waals surface area contributed by atoms with Gasteiger partial charge in [-0.1, -0.05) is 346 Å². The molecule has 0 atom stereocenters. The lowest BCUT2D eigenvalue weighted by atomic mass is 9.87. The van der Waals surface area contributed by atoms with E-state index >= 15 is 4.79 Å². The largest absolute Gasteiger partial charge is 0.289 e. The molecule has 0 fully saturated rings. The van der Waals surface area contributed by atoms with Gasteiger partial charge < -0.3 is 0 Å². The average Bonchev–Trinajstić information content (AvgIpc) is 1.59. The molecular formula is C91H62O. The van der Waals surface area contributed by atoms with Crippen LogP contribution in [0.15, 0.2) is 352 Å². The third-order valence-electron chi connectivity index (χ3n) is 17.8. The van der Waals surface area contributed by atoms with Crippen LogP contribution in [0.4, 0.5) is 0 Å². The molecule has 0 aliphatic heterocycles. The van der Waals surface area contributed by atoms with Gasteiger partial charge in [-0.25, -0.2) is 0 Å². The Labute approximate surface area is 539 Å². The van der Waals surface area contributed by atoms with E-state index in [0.29, 0.717) is 11.1 Å². The SMILES string of the molecule is C=C1C2=C(c3ccccc3)C(c3ccccc3)=C1c1ccc(cc1)/C=C(c1ccccc1)\C(c1ccccc1)=C/c1ccc(cc1)C1=C(c3ccccc3)C(c3ccccc3)=C(C1=O)c1ccc(cc1)/C=C(c1ccccc1)\C(c1ccccc1)=C/c1ccc2cc1. The van der Waals surface area contributed by atoms with Gasteiger partial charge in [-0.05, 0) is 163 Å². The van der Waals surface area contributed by atoms with Gasteiger partial charge in [0, 0.05) is 22.3 Å². The molecule has 0 radical (unpaired) electrons. The van der Waals surface area contributed by atoms with Gasteiger partial charge in [-0.3, -0.25) is 4.79 Å². The molecule has 0 spiro atoms. The summed E-state index contributed by atoms with van der Waals surface area (Å²) in [5.41, 5.74) is 29.5. The molecule has 0 saturated heterocycles. The van der Waals surface area contributed by atoms with Gasteiger partial charge in [-0.2, -0.15) is 0 Å². The zero-order valence-corrected chi connectivity index (χ0v) is 50.8. The van der Waals surface area contributed by atoms with Crippen molar-refractivity contribution in [3.8, 4) is 0 Å². The van der Waals surface area contributed by atoms with Gasteiger partial charge in [0.05, 0.1) is 0 Å². The molecule has 0 amide bonds. The Kier molecular flexibility index (Phi) is 15.5. The minimum atomic E-state index is -0.0120. The number of allylic oxidation sites excluding steroid dienone is 13. The van der Waals surface area contributed by atoms with E-state index in [0.717, 1.165) is 150 Å². The van der Waals surface area contributed by atoms with Crippen LogP contribution in [0.5, 0.6) is 0 Å². The van der Waals surface area contributed by atoms with E-state index in [-0.39, 0.29) is 5.78 Å². The highest BCUT2D eigenvalue weighted by Crippen LogP contribution is 2.55. The van der Waals surface area contributed by atoms with Crippen LogP contribution in [-0.4, -0.2) is 5.78 Å². The summed E-state index contributed by atoms with van der Waals surface area (Å²) in [6, 6.07) is 120. The number of hydrogen-bond donors (Lipinski definition) is 0. The zero-order chi connectivity index (χ0) is 61.7. The summed E-state index contributed by atoms with van der Waals surface area (Å²) in [7, 11) is 0. The van der Waals surface area contributed by atoms with Crippen molar-refractivity contribution in [3.63, 3.8) is 0 Å². The molecule has 0 saturated carbocycles. The molecule has 432 valence electrons. The minimum absolute atomic E-state index is 0.0120. The van der Waals surface area contributed by atoms with Crippen LogP contribution in [0.2, 0.25) is 0 Å². The number of carbonyl (C=O) groups excluding carboxylic acids is 1. The number of Topliss-reactive ketones (excluding diaryl/α,β-unsaturated/α-hetero) is 1. The molecule has 0 heterocycles. The fraction of sp³-hybridized carbons (Fsp3) is 0. The molecule has 9 aliphatic rings. The molecule has 0 N–H and O–H groups in total. The fourth-order valence-electron chi connectivity index (χ4n) is 13.4. The van der Waals surface area contributed by atoms with E-state index in [2.05, 4.69) is 352 Å². The molecule has 9 aliphatic carbocycles. The number of carbonyl (C=O) groups is 1. The van der Waals surface area contributed by atoms with Crippen LogP contribution in [0, 0.1) is 0 Å². The molecule has 21 rings (SSSR count). The van der Waals surface area contributed by atoms with Gasteiger partial charge >= 0.3 is 0 Å². The molecule has 12 bridgehead atoms. The van der Waals surface area contributed by atoms with Crippen molar-refractivity contribution >= 4 is 97.0 Å². The zero-order valence-electron chi connectivity index (χ0n) is 50.8. The maximum absolute atomic E-state index is 15.9. The fourth-order valence-corrected chi connectivity index (χ4v) is 13.4. The highest BCUT2D eigenvalue weighted by molar-refractivity contribution is 6.59. The predicted molar refractivity (Wildman–Crippen MR) is 390 cm³/mol. The molecule has 0 unspecified atom stereocenters. The molecule has 92 heavy (non-hydrogen) atoms. The smallest absolute Gasteiger partial charge is 0.195 e. The Morgan fingerprint density at radius 2 is 0.326 bits per heavy atom. The van der Waals surface area contributed by atoms with Crippen molar-refractivity contribution < 1.29 is 4.79 Å². The van der Waals surface area contributed by atoms with E-state index in [1.165, 1.54) is 0 Å². The average molecular weight is 1170 g/mol. The van der Waals surface area contributed by atoms with Crippen LogP contribution < -0.4 is 0 Å². The summed E-state index contributed by atoms with van der Waals surface area (Å²) in [5.74, 6) is -0.0120. The van der Waals surface area contributed by atoms with Gasteiger partial charge in [0.15, 0.2) is 5.78 Å². The van der Waals surface area contributed by atoms with Crippen molar-refractivity contribution in [2.24, 2.45) is 0 Å². The van der Waals surface area contributed by atoms with Crippen molar-refractivity contribution in [3.05, 3.63) is 441 Å². The van der Waals surface area contributed by atoms with Crippen molar-refractivity contribution in [2.45, 2.75) is 0 Å². The molecule has 1 heteroatoms. The molecule has 12 aromatic rings. The maximum Gasteiger partial charge on any atom is 0.195 e. The highest BCUT2D eigenvalue weighted by atomic mass is 16.1. The van der Waals surface area contributed by atoms with Crippen LogP contribution in [0.3, 0.4) is 0 Å². The van der Waals surface area contributed by atoms with E-state index in [4.69, 9.17) is 6.58 Å². The summed E-state index contributed by atoms with van der Waals surface area (Å²) in [5, 5.41) is 0. The Bertz CT molecular complexity index is 4360. The second-order valence-corrected chi connectivity index (χ2v) is 23.5. The third-order valence-corrected chi connectivity index (χ3v) is 17.8. The monoisotopic (exact) mass is 1170 g/mol. The number of ketones is 1. The summed E-state index contributed by atoms with van der Waals surface area (Å²) in [6.45, 7) is 5.03. The first-order chi connectivity index (χ1) is 45.5. The van der Waals surface area contributed by atoms with E-state index in [9.17, 15) is 0 Å². The maximum atomic E-state index is 15.9. The first-order valence-electron chi connectivity index (χ1n) is 31.4. The van der Waals surface area contributed by atoms with Crippen molar-refractivity contribution in [1.29, 1.82) is 0 Å². The standard InChI is InChI=1S/C91H62O/c1-62-83-75-50-42-63(43-51-75)58-79(67-26-10-2-11-27-67)81(69-30-14-4-15-31-69)60-65-46-54-77(55-47-65)89-87(73-38-22-8-23-39-73)88(74-40-24-9-25-41-74)90(91(89)92)78-56-48-66(49-57-78)61-82(70-32-16-5-17-33-70)80(68-28-12-3-13-29-68)59-64-44-52-76(53-45-64)84(62)86(72-36-20-7-21-37-72)85(83)71-34-18-6-19-35-71/h2-61H,1H2/b63-58?,64-59?,65-60?,66-61?,79-58-,80-59-,81-60-,81-79?,82-61-,82-80?,83-75?,84-76?,89-77?,90-78?. The normalized spacial score (nSPS) is 16.5. The van der Waals surface area contributed by atoms with Crippen LogP contribution in [-0.2, 0) is 4.79 Å². The second-order valence-electron chi connectivity index (χ2n) is 23.5. The first kappa shape index (κ1) is 56.5. The lowest BCUT2D eigenvalue weighted by Crippen LogP contribution is -2.02. The summed E-state index contributed by atoms with van der Waals surface area (Å²) in [4.78, 5) is 15.9. The van der Waals surface area contributed by atoms with E-state index < -0.39 is 0 Å². The first-order valence-corrected chi connectivity index (χ1v) is 31.4. The lowest BCUT2D eigenvalue weighted by Gasteiger charge is -2.16. The minimum Gasteiger partial charge on any atom is -0.289 e. The second kappa shape index (κ2) is 25.2. The Hall–Kier alpha value is -12.0. The highest BCUT2D eigenvalue weighted by Gasteiger charge is 2.36. The van der Waals surface area contributed by atoms with Gasteiger partial charge in [0.25, 0.3) is 0 Å². The summed E-state index contributed by atoms with van der Waals surface area (Å²) < 4.78 is 0. The number of rotatable bonds is 8. The predicted octanol–water partition coefficient (Wildman–Crippen LogP) is 22.8.